The highest BCUT2D eigenvalue weighted by atomic mass is 127. The summed E-state index contributed by atoms with van der Waals surface area (Å²) in [7, 11) is 0. The van der Waals surface area contributed by atoms with Crippen LogP contribution in [0.4, 0.5) is 0 Å². The number of aliphatic imine (C=N–C) groups is 1. The first-order valence-electron chi connectivity index (χ1n) is 6.96. The Bertz CT molecular complexity index is 273. The summed E-state index contributed by atoms with van der Waals surface area (Å²) in [6, 6.07) is 0. The summed E-state index contributed by atoms with van der Waals surface area (Å²) in [5, 5.41) is 16.8. The Morgan fingerprint density at radius 2 is 1.94 bits per heavy atom. The van der Waals surface area contributed by atoms with Crippen molar-refractivity contribution in [3.05, 3.63) is 0 Å². The zero-order chi connectivity index (χ0) is 12.1. The quantitative estimate of drug-likeness (QED) is 0.395. The fourth-order valence-corrected chi connectivity index (χ4v) is 2.32. The van der Waals surface area contributed by atoms with E-state index in [-0.39, 0.29) is 24.0 Å². The summed E-state index contributed by atoms with van der Waals surface area (Å²) in [5.41, 5.74) is -0.540. The highest BCUT2D eigenvalue weighted by Gasteiger charge is 2.30. The van der Waals surface area contributed by atoms with E-state index < -0.39 is 5.60 Å². The second-order valence-corrected chi connectivity index (χ2v) is 5.45. The van der Waals surface area contributed by atoms with E-state index in [1.165, 1.54) is 12.8 Å². The maximum Gasteiger partial charge on any atom is 0.191 e. The Morgan fingerprint density at radius 3 is 2.50 bits per heavy atom. The molecule has 0 aliphatic heterocycles. The Labute approximate surface area is 127 Å². The van der Waals surface area contributed by atoms with Crippen molar-refractivity contribution in [1.29, 1.82) is 0 Å². The lowest BCUT2D eigenvalue weighted by molar-refractivity contribution is 0.0574. The van der Waals surface area contributed by atoms with Crippen LogP contribution in [-0.2, 0) is 0 Å². The number of rotatable bonds is 5. The number of nitrogens with one attached hydrogen (secondary N) is 2. The molecule has 0 radical (unpaired) electrons. The Hall–Kier alpha value is -0.0400. The molecule has 0 bridgehead atoms. The molecule has 2 saturated carbocycles. The van der Waals surface area contributed by atoms with Crippen LogP contribution in [0, 0.1) is 5.92 Å². The summed E-state index contributed by atoms with van der Waals surface area (Å²) in [5.74, 6) is 1.70. The molecule has 0 unspecified atom stereocenters. The third-order valence-corrected chi connectivity index (χ3v) is 3.67. The molecule has 0 atom stereocenters. The number of hydrogen-bond donors (Lipinski definition) is 3. The topological polar surface area (TPSA) is 56.7 Å². The van der Waals surface area contributed by atoms with Gasteiger partial charge in [-0.2, -0.15) is 0 Å². The van der Waals surface area contributed by atoms with Crippen molar-refractivity contribution in [2.24, 2.45) is 10.9 Å². The molecule has 106 valence electrons. The minimum Gasteiger partial charge on any atom is -0.388 e. The predicted octanol–water partition coefficient (Wildman–Crippen LogP) is 1.87. The second-order valence-electron chi connectivity index (χ2n) is 5.45. The summed E-state index contributed by atoms with van der Waals surface area (Å²) < 4.78 is 0. The van der Waals surface area contributed by atoms with Crippen LogP contribution in [0.15, 0.2) is 4.99 Å². The maximum absolute atomic E-state index is 10.2. The summed E-state index contributed by atoms with van der Waals surface area (Å²) in [6.45, 7) is 4.49. The zero-order valence-corrected chi connectivity index (χ0v) is 13.6. The van der Waals surface area contributed by atoms with Gasteiger partial charge < -0.3 is 15.7 Å². The van der Waals surface area contributed by atoms with Crippen molar-refractivity contribution < 1.29 is 5.11 Å². The standard InChI is InChI=1S/C13H25N3O.HI/c1-2-14-12(15-9-11-5-6-11)16-10-13(17)7-3-4-8-13;/h11,17H,2-10H2,1H3,(H2,14,15,16);1H. The van der Waals surface area contributed by atoms with Crippen molar-refractivity contribution in [1.82, 2.24) is 10.6 Å². The minimum atomic E-state index is -0.540. The molecular formula is C13H26IN3O. The van der Waals surface area contributed by atoms with Gasteiger partial charge in [0.2, 0.25) is 0 Å². The average molecular weight is 367 g/mol. The molecule has 0 aromatic carbocycles. The fraction of sp³-hybridized carbons (Fsp3) is 0.923. The third-order valence-electron chi connectivity index (χ3n) is 3.67. The van der Waals surface area contributed by atoms with Gasteiger partial charge in [0, 0.05) is 13.1 Å². The molecule has 0 spiro atoms. The highest BCUT2D eigenvalue weighted by Crippen LogP contribution is 2.29. The molecule has 0 heterocycles. The van der Waals surface area contributed by atoms with E-state index >= 15 is 0 Å². The smallest absolute Gasteiger partial charge is 0.191 e. The van der Waals surface area contributed by atoms with Gasteiger partial charge in [0.05, 0.1) is 12.1 Å². The van der Waals surface area contributed by atoms with Crippen LogP contribution in [0.25, 0.3) is 0 Å². The van der Waals surface area contributed by atoms with Crippen LogP contribution in [0.5, 0.6) is 0 Å². The lowest BCUT2D eigenvalue weighted by Crippen LogP contribution is -2.40. The van der Waals surface area contributed by atoms with Crippen LogP contribution in [0.2, 0.25) is 0 Å². The van der Waals surface area contributed by atoms with Crippen molar-refractivity contribution in [3.8, 4) is 0 Å². The van der Waals surface area contributed by atoms with E-state index in [0.717, 1.165) is 50.7 Å². The first-order chi connectivity index (χ1) is 8.22. The minimum absolute atomic E-state index is 0. The Kier molecular flexibility index (Phi) is 6.70. The lowest BCUT2D eigenvalue weighted by Gasteiger charge is -2.20. The first-order valence-corrected chi connectivity index (χ1v) is 6.96. The van der Waals surface area contributed by atoms with Gasteiger partial charge in [-0.25, -0.2) is 0 Å². The van der Waals surface area contributed by atoms with Crippen molar-refractivity contribution in [2.45, 2.75) is 51.0 Å². The molecule has 18 heavy (non-hydrogen) atoms. The van der Waals surface area contributed by atoms with Crippen LogP contribution in [0.1, 0.15) is 45.4 Å². The fourth-order valence-electron chi connectivity index (χ4n) is 2.32. The lowest BCUT2D eigenvalue weighted by atomic mass is 10.0. The third kappa shape index (κ3) is 5.30. The molecule has 2 aliphatic carbocycles. The van der Waals surface area contributed by atoms with E-state index in [1.807, 2.05) is 0 Å². The molecule has 0 aromatic heterocycles. The van der Waals surface area contributed by atoms with Gasteiger partial charge in [0.25, 0.3) is 0 Å². The monoisotopic (exact) mass is 367 g/mol. The molecular weight excluding hydrogens is 341 g/mol. The largest absolute Gasteiger partial charge is 0.388 e. The van der Waals surface area contributed by atoms with E-state index in [9.17, 15) is 5.11 Å². The normalized spacial score (nSPS) is 22.4. The molecule has 0 aromatic rings. The molecule has 2 aliphatic rings. The molecule has 0 saturated heterocycles. The van der Waals surface area contributed by atoms with Gasteiger partial charge in [-0.05, 0) is 38.5 Å². The van der Waals surface area contributed by atoms with Crippen LogP contribution in [0.3, 0.4) is 0 Å². The Balaban J connectivity index is 0.00000162. The number of hydrogen-bond acceptors (Lipinski definition) is 2. The summed E-state index contributed by atoms with van der Waals surface area (Å²) in [6.07, 6.45) is 6.76. The molecule has 4 nitrogen and oxygen atoms in total. The number of halogens is 1. The summed E-state index contributed by atoms with van der Waals surface area (Å²) >= 11 is 0. The van der Waals surface area contributed by atoms with E-state index in [2.05, 4.69) is 22.5 Å². The van der Waals surface area contributed by atoms with Crippen LogP contribution < -0.4 is 10.6 Å². The van der Waals surface area contributed by atoms with Crippen molar-refractivity contribution >= 4 is 29.9 Å². The Morgan fingerprint density at radius 1 is 1.28 bits per heavy atom. The van der Waals surface area contributed by atoms with Crippen LogP contribution >= 0.6 is 24.0 Å². The van der Waals surface area contributed by atoms with Gasteiger partial charge in [0.1, 0.15) is 0 Å². The van der Waals surface area contributed by atoms with Crippen molar-refractivity contribution in [3.63, 3.8) is 0 Å². The predicted molar refractivity (Wildman–Crippen MR) is 85.5 cm³/mol. The van der Waals surface area contributed by atoms with Gasteiger partial charge in [-0.3, -0.25) is 4.99 Å². The van der Waals surface area contributed by atoms with E-state index in [4.69, 9.17) is 0 Å². The van der Waals surface area contributed by atoms with Gasteiger partial charge >= 0.3 is 0 Å². The van der Waals surface area contributed by atoms with Gasteiger partial charge in [-0.1, -0.05) is 12.8 Å². The number of guanidine groups is 1. The molecule has 2 fully saturated rings. The van der Waals surface area contributed by atoms with Gasteiger partial charge in [-0.15, -0.1) is 24.0 Å². The summed E-state index contributed by atoms with van der Waals surface area (Å²) in [4.78, 5) is 4.51. The molecule has 0 amide bonds. The SMILES string of the molecule is CCNC(=NCC1(O)CCCC1)NCC1CC1.I. The highest BCUT2D eigenvalue weighted by molar-refractivity contribution is 14.0. The number of aliphatic hydroxyl groups is 1. The molecule has 3 N–H and O–H groups in total. The van der Waals surface area contributed by atoms with Crippen molar-refractivity contribution in [2.75, 3.05) is 19.6 Å². The zero-order valence-electron chi connectivity index (χ0n) is 11.2. The van der Waals surface area contributed by atoms with E-state index in [0.29, 0.717) is 6.54 Å². The maximum atomic E-state index is 10.2. The second kappa shape index (κ2) is 7.53. The van der Waals surface area contributed by atoms with E-state index in [1.54, 1.807) is 0 Å². The molecule has 2 rings (SSSR count). The van der Waals surface area contributed by atoms with Gasteiger partial charge in [0.15, 0.2) is 5.96 Å². The number of nitrogens with zero attached hydrogens (tertiary/aromatic N) is 1. The van der Waals surface area contributed by atoms with Crippen LogP contribution in [-0.4, -0.2) is 36.3 Å². The average Bonchev–Trinajstić information content (AvgIpc) is 3.05. The first kappa shape index (κ1) is 16.0. The molecule has 5 heteroatoms.